The van der Waals surface area contributed by atoms with Gasteiger partial charge in [-0.2, -0.15) is 0 Å². The van der Waals surface area contributed by atoms with Crippen molar-refractivity contribution >= 4 is 11.6 Å². The summed E-state index contributed by atoms with van der Waals surface area (Å²) in [7, 11) is 0. The van der Waals surface area contributed by atoms with E-state index in [0.717, 1.165) is 0 Å². The molecular formula is C14H17FO2. The molecule has 0 fully saturated rings. The van der Waals surface area contributed by atoms with Gasteiger partial charge in [0.2, 0.25) is 0 Å². The van der Waals surface area contributed by atoms with Crippen molar-refractivity contribution in [3.8, 4) is 0 Å². The summed E-state index contributed by atoms with van der Waals surface area (Å²) in [4.78, 5) is 23.4. The van der Waals surface area contributed by atoms with Crippen LogP contribution >= 0.6 is 0 Å². The van der Waals surface area contributed by atoms with E-state index in [4.69, 9.17) is 0 Å². The first-order chi connectivity index (χ1) is 8.08. The molecule has 0 heterocycles. The molecule has 1 atom stereocenters. The van der Waals surface area contributed by atoms with Crippen LogP contribution in [0.1, 0.15) is 43.5 Å². The van der Waals surface area contributed by atoms with Gasteiger partial charge in [0, 0.05) is 24.3 Å². The molecule has 0 spiro atoms. The highest BCUT2D eigenvalue weighted by Gasteiger charge is 2.19. The second-order valence-corrected chi connectivity index (χ2v) is 4.06. The lowest BCUT2D eigenvalue weighted by molar-refractivity contribution is -0.122. The lowest BCUT2D eigenvalue weighted by atomic mass is 9.91. The average molecular weight is 235 g/mol. The van der Waals surface area contributed by atoms with Gasteiger partial charge in [-0.25, -0.2) is 4.39 Å². The third-order valence-electron chi connectivity index (χ3n) is 2.89. The molecule has 0 amide bonds. The molecule has 0 radical (unpaired) electrons. The zero-order chi connectivity index (χ0) is 12.8. The molecule has 1 unspecified atom stereocenters. The first-order valence-electron chi connectivity index (χ1n) is 5.90. The topological polar surface area (TPSA) is 34.1 Å². The van der Waals surface area contributed by atoms with Gasteiger partial charge in [-0.3, -0.25) is 9.59 Å². The van der Waals surface area contributed by atoms with Crippen molar-refractivity contribution < 1.29 is 14.0 Å². The van der Waals surface area contributed by atoms with E-state index >= 15 is 0 Å². The van der Waals surface area contributed by atoms with E-state index < -0.39 is 0 Å². The SMILES string of the molecule is CCC(=O)C(CC)CC(=O)c1ccc([18F])cc1. The van der Waals surface area contributed by atoms with Crippen molar-refractivity contribution in [1.29, 1.82) is 0 Å². The Hall–Kier alpha value is -1.51. The first kappa shape index (κ1) is 13.6. The van der Waals surface area contributed by atoms with E-state index in [9.17, 15) is 14.0 Å². The third-order valence-corrected chi connectivity index (χ3v) is 2.89. The maximum absolute atomic E-state index is 12.7. The van der Waals surface area contributed by atoms with Crippen molar-refractivity contribution in [2.45, 2.75) is 33.1 Å². The van der Waals surface area contributed by atoms with Gasteiger partial charge in [-0.1, -0.05) is 13.8 Å². The number of Topliss-reactive ketones (excluding diaryl/α,β-unsaturated/α-hetero) is 2. The molecule has 0 bridgehead atoms. The van der Waals surface area contributed by atoms with Gasteiger partial charge >= 0.3 is 0 Å². The molecule has 1 rings (SSSR count). The minimum Gasteiger partial charge on any atom is -0.299 e. The number of hydrogen-bond donors (Lipinski definition) is 0. The number of hydrogen-bond acceptors (Lipinski definition) is 2. The van der Waals surface area contributed by atoms with E-state index in [1.54, 1.807) is 6.92 Å². The van der Waals surface area contributed by atoms with Crippen molar-refractivity contribution in [2.24, 2.45) is 5.92 Å². The van der Waals surface area contributed by atoms with Crippen LogP contribution in [0.15, 0.2) is 24.3 Å². The highest BCUT2D eigenvalue weighted by Crippen LogP contribution is 2.16. The molecule has 0 aliphatic heterocycles. The molecule has 2 nitrogen and oxygen atoms in total. The molecule has 0 aromatic heterocycles. The second kappa shape index (κ2) is 6.28. The molecular weight excluding hydrogens is 218 g/mol. The smallest absolute Gasteiger partial charge is 0.163 e. The van der Waals surface area contributed by atoms with Gasteiger partial charge in [-0.05, 0) is 30.7 Å². The summed E-state index contributed by atoms with van der Waals surface area (Å²) in [6, 6.07) is 5.44. The molecule has 0 saturated heterocycles. The van der Waals surface area contributed by atoms with Crippen LogP contribution in [-0.2, 0) is 4.79 Å². The van der Waals surface area contributed by atoms with Crippen molar-refractivity contribution in [3.05, 3.63) is 35.6 Å². The van der Waals surface area contributed by atoms with Crippen LogP contribution in [0.3, 0.4) is 0 Å². The van der Waals surface area contributed by atoms with Crippen molar-refractivity contribution in [1.82, 2.24) is 0 Å². The third kappa shape index (κ3) is 3.77. The summed E-state index contributed by atoms with van der Waals surface area (Å²) in [5.74, 6) is -0.558. The standard InChI is InChI=1S/C14H17FO2/c1-3-10(13(16)4-2)9-14(17)11-5-7-12(15)8-6-11/h5-8,10H,3-4,9H2,1-2H3/i15-1. The number of benzene rings is 1. The van der Waals surface area contributed by atoms with E-state index in [1.165, 1.54) is 24.3 Å². The van der Waals surface area contributed by atoms with Crippen molar-refractivity contribution in [2.75, 3.05) is 0 Å². The predicted molar refractivity (Wildman–Crippen MR) is 64.4 cm³/mol. The highest BCUT2D eigenvalue weighted by molar-refractivity contribution is 5.98. The lowest BCUT2D eigenvalue weighted by Gasteiger charge is -2.11. The Morgan fingerprint density at radius 2 is 1.76 bits per heavy atom. The number of halogens is 1. The largest absolute Gasteiger partial charge is 0.299 e. The maximum Gasteiger partial charge on any atom is 0.163 e. The summed E-state index contributed by atoms with van der Waals surface area (Å²) in [5, 5.41) is 0. The van der Waals surface area contributed by atoms with Crippen LogP contribution in [0.5, 0.6) is 0 Å². The first-order valence-corrected chi connectivity index (χ1v) is 5.90. The number of rotatable bonds is 6. The Morgan fingerprint density at radius 3 is 2.24 bits per heavy atom. The quantitative estimate of drug-likeness (QED) is 0.708. The fraction of sp³-hybridized carbons (Fsp3) is 0.429. The minimum absolute atomic E-state index is 0.0985. The maximum atomic E-state index is 12.7. The summed E-state index contributed by atoms with van der Waals surface area (Å²) < 4.78 is 12.7. The molecule has 0 saturated carbocycles. The van der Waals surface area contributed by atoms with Crippen LogP contribution < -0.4 is 0 Å². The van der Waals surface area contributed by atoms with Gasteiger partial charge in [0.05, 0.1) is 0 Å². The van der Waals surface area contributed by atoms with Crippen LogP contribution in [0.2, 0.25) is 0 Å². The van der Waals surface area contributed by atoms with E-state index in [1.807, 2.05) is 6.92 Å². The summed E-state index contributed by atoms with van der Waals surface area (Å²) in [6.45, 7) is 3.70. The molecule has 17 heavy (non-hydrogen) atoms. The summed E-state index contributed by atoms with van der Waals surface area (Å²) >= 11 is 0. The fourth-order valence-corrected chi connectivity index (χ4v) is 1.75. The van der Waals surface area contributed by atoms with Gasteiger partial charge in [0.25, 0.3) is 0 Å². The van der Waals surface area contributed by atoms with Gasteiger partial charge in [-0.15, -0.1) is 0 Å². The van der Waals surface area contributed by atoms with Crippen LogP contribution in [0.4, 0.5) is 4.39 Å². The minimum atomic E-state index is -0.363. The second-order valence-electron chi connectivity index (χ2n) is 4.06. The molecule has 0 aliphatic carbocycles. The number of carbonyl (C=O) groups is 2. The Labute approximate surface area is 101 Å². The van der Waals surface area contributed by atoms with E-state index in [-0.39, 0.29) is 29.7 Å². The van der Waals surface area contributed by atoms with Gasteiger partial charge in [0.1, 0.15) is 11.6 Å². The van der Waals surface area contributed by atoms with Crippen LogP contribution in [-0.4, -0.2) is 11.6 Å². The monoisotopic (exact) mass is 235 g/mol. The average Bonchev–Trinajstić information content (AvgIpc) is 2.35. The molecule has 92 valence electrons. The van der Waals surface area contributed by atoms with Crippen LogP contribution in [0.25, 0.3) is 0 Å². The molecule has 1 aromatic rings. The Bertz CT molecular complexity index is 395. The lowest BCUT2D eigenvalue weighted by Crippen LogP contribution is -2.17. The van der Waals surface area contributed by atoms with E-state index in [0.29, 0.717) is 18.4 Å². The Kier molecular flexibility index (Phi) is 5.01. The molecule has 0 aliphatic rings. The summed E-state index contributed by atoms with van der Waals surface area (Å²) in [6.07, 6.45) is 1.34. The van der Waals surface area contributed by atoms with Gasteiger partial charge < -0.3 is 0 Å². The number of carbonyl (C=O) groups excluding carboxylic acids is 2. The van der Waals surface area contributed by atoms with Crippen LogP contribution in [0, 0.1) is 11.7 Å². The zero-order valence-electron chi connectivity index (χ0n) is 10.2. The molecule has 0 N–H and O–H groups in total. The zero-order valence-corrected chi connectivity index (χ0v) is 10.2. The fourth-order valence-electron chi connectivity index (χ4n) is 1.75. The predicted octanol–water partition coefficient (Wildman–Crippen LogP) is 3.40. The van der Waals surface area contributed by atoms with Crippen molar-refractivity contribution in [3.63, 3.8) is 0 Å². The summed E-state index contributed by atoms with van der Waals surface area (Å²) in [5.41, 5.74) is 0.466. The normalized spacial score (nSPS) is 12.2. The molecule has 1 aromatic carbocycles. The van der Waals surface area contributed by atoms with Gasteiger partial charge in [0.15, 0.2) is 5.78 Å². The molecule has 3 heteroatoms. The Balaban J connectivity index is 2.71. The number of ketones is 2. The highest BCUT2D eigenvalue weighted by atomic mass is 18.2. The van der Waals surface area contributed by atoms with E-state index in [2.05, 4.69) is 0 Å². The Morgan fingerprint density at radius 1 is 1.18 bits per heavy atom.